The lowest BCUT2D eigenvalue weighted by atomic mass is 10.1. The van der Waals surface area contributed by atoms with Crippen LogP contribution in [-0.4, -0.2) is 50.5 Å². The fourth-order valence-electron chi connectivity index (χ4n) is 3.27. The normalized spacial score (nSPS) is 12.2. The maximum atomic E-state index is 13.4. The Labute approximate surface area is 185 Å². The van der Waals surface area contributed by atoms with Crippen LogP contribution >= 0.6 is 0 Å². The number of benzene rings is 2. The molecule has 0 saturated carbocycles. The molecule has 1 N–H and O–H groups in total. The zero-order valence-electron chi connectivity index (χ0n) is 18.8. The second-order valence-electron chi connectivity index (χ2n) is 7.64. The summed E-state index contributed by atoms with van der Waals surface area (Å²) < 4.78 is 26.3. The van der Waals surface area contributed by atoms with Crippen molar-refractivity contribution in [3.05, 3.63) is 65.2 Å². The van der Waals surface area contributed by atoms with E-state index in [9.17, 15) is 18.0 Å². The van der Waals surface area contributed by atoms with Gasteiger partial charge in [-0.1, -0.05) is 42.5 Å². The number of amides is 2. The SMILES string of the molecule is CCNC(=O)[C@@H](C)N(Cc1ccccc1)C(=O)CN(c1cc(C)ccc1C)S(C)(=O)=O. The van der Waals surface area contributed by atoms with E-state index in [1.807, 2.05) is 49.4 Å². The predicted molar refractivity (Wildman–Crippen MR) is 123 cm³/mol. The summed E-state index contributed by atoms with van der Waals surface area (Å²) in [6.07, 6.45) is 1.08. The van der Waals surface area contributed by atoms with Gasteiger partial charge in [-0.2, -0.15) is 0 Å². The number of carbonyl (C=O) groups is 2. The van der Waals surface area contributed by atoms with E-state index in [1.165, 1.54) is 4.90 Å². The quantitative estimate of drug-likeness (QED) is 0.643. The van der Waals surface area contributed by atoms with Crippen molar-refractivity contribution in [2.24, 2.45) is 0 Å². The van der Waals surface area contributed by atoms with Crippen LogP contribution in [0.5, 0.6) is 0 Å². The molecule has 0 aliphatic rings. The van der Waals surface area contributed by atoms with Crippen molar-refractivity contribution in [3.8, 4) is 0 Å². The van der Waals surface area contributed by atoms with Crippen LogP contribution in [0, 0.1) is 13.8 Å². The molecule has 0 aliphatic carbocycles. The van der Waals surface area contributed by atoms with Crippen molar-refractivity contribution in [1.29, 1.82) is 0 Å². The van der Waals surface area contributed by atoms with Gasteiger partial charge in [-0.3, -0.25) is 13.9 Å². The third-order valence-electron chi connectivity index (χ3n) is 5.03. The van der Waals surface area contributed by atoms with Gasteiger partial charge in [0.2, 0.25) is 21.8 Å². The first kappa shape index (κ1) is 24.4. The number of hydrogen-bond acceptors (Lipinski definition) is 4. The molecule has 8 heteroatoms. The number of carbonyl (C=O) groups excluding carboxylic acids is 2. The lowest BCUT2D eigenvalue weighted by Crippen LogP contribution is -2.51. The van der Waals surface area contributed by atoms with Crippen LogP contribution in [0.1, 0.15) is 30.5 Å². The first-order valence-corrected chi connectivity index (χ1v) is 12.1. The van der Waals surface area contributed by atoms with Gasteiger partial charge in [-0.05, 0) is 50.5 Å². The minimum Gasteiger partial charge on any atom is -0.355 e. The number of likely N-dealkylation sites (N-methyl/N-ethyl adjacent to an activating group) is 1. The highest BCUT2D eigenvalue weighted by molar-refractivity contribution is 7.92. The number of hydrogen-bond donors (Lipinski definition) is 1. The largest absolute Gasteiger partial charge is 0.355 e. The van der Waals surface area contributed by atoms with Crippen LogP contribution in [0.15, 0.2) is 48.5 Å². The maximum absolute atomic E-state index is 13.4. The summed E-state index contributed by atoms with van der Waals surface area (Å²) in [5.41, 5.74) is 2.94. The van der Waals surface area contributed by atoms with E-state index in [1.54, 1.807) is 26.8 Å². The summed E-state index contributed by atoms with van der Waals surface area (Å²) in [5.74, 6) is -0.738. The fourth-order valence-corrected chi connectivity index (χ4v) is 4.17. The van der Waals surface area contributed by atoms with Crippen LogP contribution in [0.4, 0.5) is 5.69 Å². The van der Waals surface area contributed by atoms with Gasteiger partial charge in [0.15, 0.2) is 0 Å². The Morgan fingerprint density at radius 3 is 2.29 bits per heavy atom. The van der Waals surface area contributed by atoms with E-state index in [-0.39, 0.29) is 19.0 Å². The van der Waals surface area contributed by atoms with Gasteiger partial charge in [0.25, 0.3) is 0 Å². The van der Waals surface area contributed by atoms with E-state index in [4.69, 9.17) is 0 Å². The summed E-state index contributed by atoms with van der Waals surface area (Å²) in [6, 6.07) is 14.0. The lowest BCUT2D eigenvalue weighted by Gasteiger charge is -2.32. The average Bonchev–Trinajstić information content (AvgIpc) is 2.71. The van der Waals surface area contributed by atoms with Gasteiger partial charge in [0, 0.05) is 13.1 Å². The molecule has 2 amide bonds. The molecule has 0 saturated heterocycles. The predicted octanol–water partition coefficient (Wildman–Crippen LogP) is 2.62. The number of nitrogens with zero attached hydrogens (tertiary/aromatic N) is 2. The van der Waals surface area contributed by atoms with Crippen LogP contribution < -0.4 is 9.62 Å². The highest BCUT2D eigenvalue weighted by atomic mass is 32.2. The lowest BCUT2D eigenvalue weighted by molar-refractivity contribution is -0.139. The molecule has 168 valence electrons. The first-order chi connectivity index (χ1) is 14.5. The number of rotatable bonds is 9. The molecule has 2 rings (SSSR count). The molecule has 0 spiro atoms. The number of aryl methyl sites for hydroxylation is 2. The molecule has 2 aromatic carbocycles. The van der Waals surface area contributed by atoms with E-state index >= 15 is 0 Å². The first-order valence-electron chi connectivity index (χ1n) is 10.2. The van der Waals surface area contributed by atoms with Crippen LogP contribution in [-0.2, 0) is 26.2 Å². The van der Waals surface area contributed by atoms with Crippen molar-refractivity contribution in [3.63, 3.8) is 0 Å². The Hall–Kier alpha value is -2.87. The molecule has 31 heavy (non-hydrogen) atoms. The van der Waals surface area contributed by atoms with Crippen molar-refractivity contribution in [2.45, 2.75) is 40.3 Å². The second-order valence-corrected chi connectivity index (χ2v) is 9.54. The Morgan fingerprint density at radius 1 is 1.06 bits per heavy atom. The molecule has 0 heterocycles. The second kappa shape index (κ2) is 10.4. The average molecular weight is 446 g/mol. The molecular weight excluding hydrogens is 414 g/mol. The van der Waals surface area contributed by atoms with Gasteiger partial charge in [0.1, 0.15) is 12.6 Å². The van der Waals surface area contributed by atoms with Crippen LogP contribution in [0.3, 0.4) is 0 Å². The third-order valence-corrected chi connectivity index (χ3v) is 6.15. The minimum atomic E-state index is -3.73. The van der Waals surface area contributed by atoms with Crippen molar-refractivity contribution in [2.75, 3.05) is 23.7 Å². The van der Waals surface area contributed by atoms with Gasteiger partial charge < -0.3 is 10.2 Å². The molecule has 7 nitrogen and oxygen atoms in total. The maximum Gasteiger partial charge on any atom is 0.244 e. The Morgan fingerprint density at radius 2 is 1.71 bits per heavy atom. The van der Waals surface area contributed by atoms with Crippen molar-refractivity contribution in [1.82, 2.24) is 10.2 Å². The van der Waals surface area contributed by atoms with E-state index in [0.717, 1.165) is 27.3 Å². The van der Waals surface area contributed by atoms with Gasteiger partial charge >= 0.3 is 0 Å². The number of nitrogens with one attached hydrogen (secondary N) is 1. The standard InChI is InChI=1S/C23H31N3O4S/c1-6-24-23(28)19(4)25(15-20-10-8-7-9-11-20)22(27)16-26(31(5,29)30)21-14-17(2)12-13-18(21)3/h7-14,19H,6,15-16H2,1-5H3,(H,24,28)/t19-/m1/s1. The smallest absolute Gasteiger partial charge is 0.244 e. The zero-order valence-corrected chi connectivity index (χ0v) is 19.6. The van der Waals surface area contributed by atoms with Gasteiger partial charge in [-0.25, -0.2) is 8.42 Å². The summed E-state index contributed by atoms with van der Waals surface area (Å²) in [6.45, 7) is 7.37. The topological polar surface area (TPSA) is 86.8 Å². The van der Waals surface area contributed by atoms with Gasteiger partial charge in [0.05, 0.1) is 11.9 Å². The molecule has 0 aliphatic heterocycles. The van der Waals surface area contributed by atoms with Crippen molar-refractivity contribution < 1.29 is 18.0 Å². The van der Waals surface area contributed by atoms with Crippen LogP contribution in [0.25, 0.3) is 0 Å². The Kier molecular flexibility index (Phi) is 8.21. The van der Waals surface area contributed by atoms with Crippen molar-refractivity contribution >= 4 is 27.5 Å². The number of sulfonamides is 1. The molecule has 0 radical (unpaired) electrons. The summed E-state index contributed by atoms with van der Waals surface area (Å²) in [7, 11) is -3.73. The molecule has 0 aromatic heterocycles. The highest BCUT2D eigenvalue weighted by Crippen LogP contribution is 2.24. The molecule has 0 bridgehead atoms. The third kappa shape index (κ3) is 6.55. The van der Waals surface area contributed by atoms with E-state index in [2.05, 4.69) is 5.32 Å². The molecular formula is C23H31N3O4S. The molecule has 2 aromatic rings. The summed E-state index contributed by atoms with van der Waals surface area (Å²) >= 11 is 0. The molecule has 1 atom stereocenters. The number of anilines is 1. The van der Waals surface area contributed by atoms with Crippen LogP contribution in [0.2, 0.25) is 0 Å². The Balaban J connectivity index is 2.41. The van der Waals surface area contributed by atoms with Gasteiger partial charge in [-0.15, -0.1) is 0 Å². The highest BCUT2D eigenvalue weighted by Gasteiger charge is 2.30. The molecule has 0 unspecified atom stereocenters. The monoisotopic (exact) mass is 445 g/mol. The van der Waals surface area contributed by atoms with E-state index in [0.29, 0.717) is 12.2 Å². The summed E-state index contributed by atoms with van der Waals surface area (Å²) in [4.78, 5) is 27.3. The molecule has 0 fully saturated rings. The summed E-state index contributed by atoms with van der Waals surface area (Å²) in [5, 5.41) is 2.73. The fraction of sp³-hybridized carbons (Fsp3) is 0.391. The zero-order chi connectivity index (χ0) is 23.2. The van der Waals surface area contributed by atoms with E-state index < -0.39 is 22.0 Å². The Bertz CT molecular complexity index is 1020. The minimum absolute atomic E-state index is 0.197.